The van der Waals surface area contributed by atoms with Crippen LogP contribution in [0.4, 0.5) is 5.69 Å². The second-order valence-corrected chi connectivity index (χ2v) is 5.43. The Morgan fingerprint density at radius 2 is 1.77 bits per heavy atom. The van der Waals surface area contributed by atoms with Gasteiger partial charge >= 0.3 is 0 Å². The van der Waals surface area contributed by atoms with E-state index in [1.807, 2.05) is 31.2 Å². The highest BCUT2D eigenvalue weighted by Gasteiger charge is 2.01. The van der Waals surface area contributed by atoms with Crippen molar-refractivity contribution in [2.75, 3.05) is 12.4 Å². The molecule has 0 aliphatic rings. The Morgan fingerprint density at radius 3 is 2.45 bits per heavy atom. The predicted octanol–water partition coefficient (Wildman–Crippen LogP) is 3.55. The zero-order valence-corrected chi connectivity index (χ0v) is 13.6. The number of nitrogens with two attached hydrogens (primary N) is 1. The van der Waals surface area contributed by atoms with E-state index < -0.39 is 0 Å². The smallest absolute Gasteiger partial charge is 0.193 e. The second kappa shape index (κ2) is 6.98. The fourth-order valence-electron chi connectivity index (χ4n) is 2.15. The van der Waals surface area contributed by atoms with Crippen LogP contribution in [0, 0.1) is 20.8 Å². The minimum Gasteiger partial charge on any atom is -0.496 e. The molecule has 116 valence electrons. The molecular weight excluding hydrogens is 274 g/mol. The highest BCUT2D eigenvalue weighted by Crippen LogP contribution is 2.19. The summed E-state index contributed by atoms with van der Waals surface area (Å²) in [6.45, 7) is 6.69. The largest absolute Gasteiger partial charge is 0.496 e. The van der Waals surface area contributed by atoms with Crippen molar-refractivity contribution in [3.63, 3.8) is 0 Å². The van der Waals surface area contributed by atoms with Crippen molar-refractivity contribution >= 4 is 11.6 Å². The summed E-state index contributed by atoms with van der Waals surface area (Å²) in [6.07, 6.45) is 0. The van der Waals surface area contributed by atoms with Gasteiger partial charge in [-0.1, -0.05) is 18.2 Å². The molecule has 0 saturated heterocycles. The van der Waals surface area contributed by atoms with Gasteiger partial charge in [-0.25, -0.2) is 4.99 Å². The summed E-state index contributed by atoms with van der Waals surface area (Å²) in [5, 5.41) is 3.12. The zero-order valence-electron chi connectivity index (χ0n) is 13.6. The molecule has 0 heterocycles. The third kappa shape index (κ3) is 4.01. The molecule has 22 heavy (non-hydrogen) atoms. The van der Waals surface area contributed by atoms with E-state index in [4.69, 9.17) is 10.5 Å². The lowest BCUT2D eigenvalue weighted by Crippen LogP contribution is -2.22. The molecule has 4 nitrogen and oxygen atoms in total. The fourth-order valence-corrected chi connectivity index (χ4v) is 2.15. The van der Waals surface area contributed by atoms with Crippen LogP contribution in [-0.4, -0.2) is 13.1 Å². The van der Waals surface area contributed by atoms with Crippen molar-refractivity contribution in [1.29, 1.82) is 0 Å². The molecule has 0 unspecified atom stereocenters. The molecule has 2 rings (SSSR count). The number of methoxy groups -OCH3 is 1. The van der Waals surface area contributed by atoms with Gasteiger partial charge in [-0.3, -0.25) is 0 Å². The van der Waals surface area contributed by atoms with Gasteiger partial charge in [0.1, 0.15) is 5.75 Å². The van der Waals surface area contributed by atoms with Crippen LogP contribution < -0.4 is 15.8 Å². The Balaban J connectivity index is 2.04. The minimum atomic E-state index is 0.405. The Bertz CT molecular complexity index is 693. The van der Waals surface area contributed by atoms with Gasteiger partial charge in [0.15, 0.2) is 5.96 Å². The van der Waals surface area contributed by atoms with Gasteiger partial charge in [-0.05, 0) is 61.2 Å². The molecule has 0 bridgehead atoms. The van der Waals surface area contributed by atoms with E-state index in [1.165, 1.54) is 11.1 Å². The molecule has 0 saturated carbocycles. The Morgan fingerprint density at radius 1 is 1.05 bits per heavy atom. The number of guanidine groups is 1. The highest BCUT2D eigenvalue weighted by atomic mass is 16.5. The minimum absolute atomic E-state index is 0.405. The molecule has 0 spiro atoms. The van der Waals surface area contributed by atoms with Crippen molar-refractivity contribution in [2.24, 2.45) is 10.7 Å². The molecule has 0 fully saturated rings. The fraction of sp³-hybridized carbons (Fsp3) is 0.278. The third-order valence-electron chi connectivity index (χ3n) is 3.68. The van der Waals surface area contributed by atoms with Gasteiger partial charge in [-0.15, -0.1) is 0 Å². The zero-order chi connectivity index (χ0) is 16.1. The number of anilines is 1. The Labute approximate surface area is 132 Å². The average Bonchev–Trinajstić information content (AvgIpc) is 2.50. The van der Waals surface area contributed by atoms with Crippen molar-refractivity contribution in [3.8, 4) is 5.75 Å². The number of ether oxygens (including phenoxy) is 1. The summed E-state index contributed by atoms with van der Waals surface area (Å²) < 4.78 is 5.32. The molecule has 0 aliphatic carbocycles. The molecule has 0 aromatic heterocycles. The number of nitrogens with zero attached hydrogens (tertiary/aromatic N) is 1. The monoisotopic (exact) mass is 297 g/mol. The van der Waals surface area contributed by atoms with Crippen LogP contribution in [0.3, 0.4) is 0 Å². The van der Waals surface area contributed by atoms with E-state index >= 15 is 0 Å². The molecule has 0 amide bonds. The van der Waals surface area contributed by atoms with Crippen molar-refractivity contribution in [2.45, 2.75) is 27.3 Å². The van der Waals surface area contributed by atoms with Crippen LogP contribution in [0.25, 0.3) is 0 Å². The van der Waals surface area contributed by atoms with E-state index in [2.05, 4.69) is 36.3 Å². The maximum absolute atomic E-state index is 5.95. The normalized spacial score (nSPS) is 11.4. The van der Waals surface area contributed by atoms with E-state index in [1.54, 1.807) is 7.11 Å². The van der Waals surface area contributed by atoms with Crippen LogP contribution >= 0.6 is 0 Å². The number of benzene rings is 2. The second-order valence-electron chi connectivity index (χ2n) is 5.43. The summed E-state index contributed by atoms with van der Waals surface area (Å²) in [5.41, 5.74) is 11.6. The standard InChI is InChI=1S/C18H23N3O/c1-12-6-8-16(9-14(12)3)21-18(19)20-11-15-7-5-13(2)17(10-15)22-4/h5-10H,11H2,1-4H3,(H3,19,20,21). The van der Waals surface area contributed by atoms with Gasteiger partial charge in [0.05, 0.1) is 13.7 Å². The van der Waals surface area contributed by atoms with Gasteiger partial charge in [-0.2, -0.15) is 0 Å². The summed E-state index contributed by atoms with van der Waals surface area (Å²) in [5.74, 6) is 1.27. The summed E-state index contributed by atoms with van der Waals surface area (Å²) in [4.78, 5) is 4.37. The van der Waals surface area contributed by atoms with Crippen LogP contribution in [0.5, 0.6) is 5.75 Å². The number of hydrogen-bond donors (Lipinski definition) is 2. The number of hydrogen-bond acceptors (Lipinski definition) is 2. The van der Waals surface area contributed by atoms with E-state index in [-0.39, 0.29) is 0 Å². The van der Waals surface area contributed by atoms with Crippen molar-refractivity contribution in [3.05, 3.63) is 58.7 Å². The third-order valence-corrected chi connectivity index (χ3v) is 3.68. The Hall–Kier alpha value is -2.49. The van der Waals surface area contributed by atoms with Crippen LogP contribution in [0.15, 0.2) is 41.4 Å². The molecule has 2 aromatic carbocycles. The molecule has 0 atom stereocenters. The average molecular weight is 297 g/mol. The van der Waals surface area contributed by atoms with E-state index in [9.17, 15) is 0 Å². The first-order valence-electron chi connectivity index (χ1n) is 7.27. The van der Waals surface area contributed by atoms with Gasteiger partial charge in [0.2, 0.25) is 0 Å². The molecule has 2 aromatic rings. The van der Waals surface area contributed by atoms with Crippen molar-refractivity contribution in [1.82, 2.24) is 0 Å². The van der Waals surface area contributed by atoms with Crippen LogP contribution in [0.1, 0.15) is 22.3 Å². The summed E-state index contributed by atoms with van der Waals surface area (Å²) in [6, 6.07) is 12.2. The number of aryl methyl sites for hydroxylation is 3. The lowest BCUT2D eigenvalue weighted by atomic mass is 10.1. The maximum Gasteiger partial charge on any atom is 0.193 e. The first kappa shape index (κ1) is 15.9. The van der Waals surface area contributed by atoms with Crippen molar-refractivity contribution < 1.29 is 4.74 Å². The molecular formula is C18H23N3O. The molecule has 3 N–H and O–H groups in total. The van der Waals surface area contributed by atoms with Gasteiger partial charge < -0.3 is 15.8 Å². The topological polar surface area (TPSA) is 59.6 Å². The molecule has 4 heteroatoms. The summed E-state index contributed by atoms with van der Waals surface area (Å²) in [7, 11) is 1.67. The number of nitrogens with one attached hydrogen (secondary N) is 1. The lowest BCUT2D eigenvalue weighted by molar-refractivity contribution is 0.411. The first-order chi connectivity index (χ1) is 10.5. The maximum atomic E-state index is 5.95. The highest BCUT2D eigenvalue weighted by molar-refractivity contribution is 5.92. The lowest BCUT2D eigenvalue weighted by Gasteiger charge is -2.09. The van der Waals surface area contributed by atoms with E-state index in [0.717, 1.165) is 22.6 Å². The number of rotatable bonds is 4. The van der Waals surface area contributed by atoms with E-state index in [0.29, 0.717) is 12.5 Å². The number of aliphatic imine (C=N–C) groups is 1. The molecule has 0 aliphatic heterocycles. The van der Waals surface area contributed by atoms with Gasteiger partial charge in [0, 0.05) is 5.69 Å². The van der Waals surface area contributed by atoms with Gasteiger partial charge in [0.25, 0.3) is 0 Å². The predicted molar refractivity (Wildman–Crippen MR) is 92.6 cm³/mol. The summed E-state index contributed by atoms with van der Waals surface area (Å²) >= 11 is 0. The SMILES string of the molecule is COc1cc(CN=C(N)Nc2ccc(C)c(C)c2)ccc1C. The molecule has 0 radical (unpaired) electrons. The van der Waals surface area contributed by atoms with Crippen LogP contribution in [-0.2, 0) is 6.54 Å². The quantitative estimate of drug-likeness (QED) is 0.670. The Kier molecular flexibility index (Phi) is 5.04. The first-order valence-corrected chi connectivity index (χ1v) is 7.27. The van der Waals surface area contributed by atoms with Crippen LogP contribution in [0.2, 0.25) is 0 Å².